The Morgan fingerprint density at radius 3 is 2.30 bits per heavy atom. The maximum absolute atomic E-state index is 14.2. The van der Waals surface area contributed by atoms with Crippen LogP contribution in [0.3, 0.4) is 0 Å². The Hall–Kier alpha value is -2.07. The number of nitrogens with two attached hydrogens (primary N) is 1. The number of anilines is 2. The van der Waals surface area contributed by atoms with Gasteiger partial charge in [0.25, 0.3) is 0 Å². The standard InChI is InChI=1S/C16H19FN2O/c1-11(18)12-4-9-16(15(17)10-12)19(2)13-5-7-14(20-3)8-6-13/h4-11H,18H2,1-3H3/t11-/m0/s1. The van der Waals surface area contributed by atoms with Crippen LogP contribution in [0, 0.1) is 5.82 Å². The molecule has 2 aromatic carbocycles. The third kappa shape index (κ3) is 2.91. The number of rotatable bonds is 4. The van der Waals surface area contributed by atoms with Gasteiger partial charge < -0.3 is 15.4 Å². The highest BCUT2D eigenvalue weighted by molar-refractivity contribution is 5.64. The van der Waals surface area contributed by atoms with Crippen molar-refractivity contribution in [2.45, 2.75) is 13.0 Å². The monoisotopic (exact) mass is 274 g/mol. The molecule has 106 valence electrons. The minimum Gasteiger partial charge on any atom is -0.497 e. The molecule has 0 saturated heterocycles. The molecule has 0 aliphatic heterocycles. The Kier molecular flexibility index (Phi) is 4.25. The zero-order valence-corrected chi connectivity index (χ0v) is 11.9. The molecule has 2 aromatic rings. The third-order valence-corrected chi connectivity index (χ3v) is 3.32. The first-order chi connectivity index (χ1) is 9.52. The van der Waals surface area contributed by atoms with Crippen LogP contribution in [0.15, 0.2) is 42.5 Å². The fourth-order valence-corrected chi connectivity index (χ4v) is 2.02. The molecule has 0 heterocycles. The Bertz CT molecular complexity index is 582. The summed E-state index contributed by atoms with van der Waals surface area (Å²) in [4.78, 5) is 1.79. The molecule has 0 bridgehead atoms. The number of benzene rings is 2. The summed E-state index contributed by atoms with van der Waals surface area (Å²) in [6.45, 7) is 1.83. The number of hydrogen-bond acceptors (Lipinski definition) is 3. The van der Waals surface area contributed by atoms with Crippen molar-refractivity contribution in [3.8, 4) is 5.75 Å². The zero-order valence-electron chi connectivity index (χ0n) is 11.9. The lowest BCUT2D eigenvalue weighted by molar-refractivity contribution is 0.415. The normalized spacial score (nSPS) is 12.1. The summed E-state index contributed by atoms with van der Waals surface area (Å²) in [6.07, 6.45) is 0. The van der Waals surface area contributed by atoms with Gasteiger partial charge in [-0.05, 0) is 48.9 Å². The fraction of sp³-hybridized carbons (Fsp3) is 0.250. The molecular formula is C16H19FN2O. The Labute approximate surface area is 118 Å². The lowest BCUT2D eigenvalue weighted by Gasteiger charge is -2.21. The molecule has 0 aromatic heterocycles. The molecule has 0 amide bonds. The van der Waals surface area contributed by atoms with Crippen LogP contribution in [0.2, 0.25) is 0 Å². The first kappa shape index (κ1) is 14.3. The van der Waals surface area contributed by atoms with E-state index in [0.29, 0.717) is 5.69 Å². The van der Waals surface area contributed by atoms with Crippen molar-refractivity contribution in [1.29, 1.82) is 0 Å². The van der Waals surface area contributed by atoms with Crippen molar-refractivity contribution >= 4 is 11.4 Å². The number of ether oxygens (including phenoxy) is 1. The minimum absolute atomic E-state index is 0.176. The second-order valence-electron chi connectivity index (χ2n) is 4.76. The number of halogens is 1. The smallest absolute Gasteiger partial charge is 0.147 e. The average molecular weight is 274 g/mol. The molecule has 20 heavy (non-hydrogen) atoms. The molecule has 4 heteroatoms. The second-order valence-corrected chi connectivity index (χ2v) is 4.76. The van der Waals surface area contributed by atoms with Crippen molar-refractivity contribution in [1.82, 2.24) is 0 Å². The van der Waals surface area contributed by atoms with Gasteiger partial charge in [0.15, 0.2) is 0 Å². The van der Waals surface area contributed by atoms with Crippen LogP contribution in [0.25, 0.3) is 0 Å². The first-order valence-electron chi connectivity index (χ1n) is 6.45. The molecule has 0 aliphatic rings. The van der Waals surface area contributed by atoms with Gasteiger partial charge in [0.05, 0.1) is 12.8 Å². The number of hydrogen-bond donors (Lipinski definition) is 1. The molecule has 0 unspecified atom stereocenters. The number of methoxy groups -OCH3 is 1. The van der Waals surface area contributed by atoms with Crippen LogP contribution in [-0.4, -0.2) is 14.2 Å². The van der Waals surface area contributed by atoms with Crippen LogP contribution < -0.4 is 15.4 Å². The molecule has 0 fully saturated rings. The summed E-state index contributed by atoms with van der Waals surface area (Å²) < 4.78 is 19.3. The molecule has 0 radical (unpaired) electrons. The van der Waals surface area contributed by atoms with E-state index in [1.807, 2.05) is 44.3 Å². The molecule has 0 saturated carbocycles. The highest BCUT2D eigenvalue weighted by atomic mass is 19.1. The highest BCUT2D eigenvalue weighted by Gasteiger charge is 2.11. The Balaban J connectivity index is 2.30. The molecule has 0 spiro atoms. The SMILES string of the molecule is COc1ccc(N(C)c2ccc([C@H](C)N)cc2F)cc1. The van der Waals surface area contributed by atoms with Gasteiger partial charge in [-0.1, -0.05) is 6.07 Å². The van der Waals surface area contributed by atoms with E-state index in [9.17, 15) is 4.39 Å². The summed E-state index contributed by atoms with van der Waals surface area (Å²) in [5, 5.41) is 0. The second kappa shape index (κ2) is 5.92. The van der Waals surface area contributed by atoms with Crippen molar-refractivity contribution in [2.75, 3.05) is 19.1 Å². The molecule has 0 aliphatic carbocycles. The first-order valence-corrected chi connectivity index (χ1v) is 6.45. The molecule has 2 N–H and O–H groups in total. The van der Waals surface area contributed by atoms with Crippen LogP contribution in [-0.2, 0) is 0 Å². The van der Waals surface area contributed by atoms with Crippen LogP contribution >= 0.6 is 0 Å². The summed E-state index contributed by atoms with van der Waals surface area (Å²) in [5.41, 5.74) is 7.94. The van der Waals surface area contributed by atoms with Crippen LogP contribution in [0.5, 0.6) is 5.75 Å². The lowest BCUT2D eigenvalue weighted by Crippen LogP contribution is -2.12. The van der Waals surface area contributed by atoms with Gasteiger partial charge in [0, 0.05) is 18.8 Å². The van der Waals surface area contributed by atoms with Crippen molar-refractivity contribution in [3.63, 3.8) is 0 Å². The predicted molar refractivity (Wildman–Crippen MR) is 80.1 cm³/mol. The van der Waals surface area contributed by atoms with Gasteiger partial charge >= 0.3 is 0 Å². The quantitative estimate of drug-likeness (QED) is 0.925. The van der Waals surface area contributed by atoms with E-state index in [0.717, 1.165) is 17.0 Å². The largest absolute Gasteiger partial charge is 0.497 e. The van der Waals surface area contributed by atoms with Gasteiger partial charge in [-0.25, -0.2) is 4.39 Å². The van der Waals surface area contributed by atoms with Gasteiger partial charge in [-0.15, -0.1) is 0 Å². The minimum atomic E-state index is -0.280. The summed E-state index contributed by atoms with van der Waals surface area (Å²) in [6, 6.07) is 12.4. The van der Waals surface area contributed by atoms with Crippen molar-refractivity contribution < 1.29 is 9.13 Å². The van der Waals surface area contributed by atoms with E-state index in [1.54, 1.807) is 18.1 Å². The van der Waals surface area contributed by atoms with Gasteiger partial charge in [0.2, 0.25) is 0 Å². The maximum atomic E-state index is 14.2. The van der Waals surface area contributed by atoms with E-state index in [4.69, 9.17) is 10.5 Å². The Morgan fingerprint density at radius 2 is 1.80 bits per heavy atom. The van der Waals surface area contributed by atoms with Crippen molar-refractivity contribution in [2.24, 2.45) is 5.73 Å². The number of nitrogens with zero attached hydrogens (tertiary/aromatic N) is 1. The van der Waals surface area contributed by atoms with E-state index >= 15 is 0 Å². The highest BCUT2D eigenvalue weighted by Crippen LogP contribution is 2.29. The van der Waals surface area contributed by atoms with Crippen LogP contribution in [0.1, 0.15) is 18.5 Å². The van der Waals surface area contributed by atoms with Gasteiger partial charge in [0.1, 0.15) is 11.6 Å². The fourth-order valence-electron chi connectivity index (χ4n) is 2.02. The van der Waals surface area contributed by atoms with Gasteiger partial charge in [-0.2, -0.15) is 0 Å². The van der Waals surface area contributed by atoms with E-state index < -0.39 is 0 Å². The molecule has 1 atom stereocenters. The zero-order chi connectivity index (χ0) is 14.7. The van der Waals surface area contributed by atoms with E-state index in [1.165, 1.54) is 6.07 Å². The summed E-state index contributed by atoms with van der Waals surface area (Å²) in [5.74, 6) is 0.494. The average Bonchev–Trinajstić information content (AvgIpc) is 2.46. The maximum Gasteiger partial charge on any atom is 0.147 e. The summed E-state index contributed by atoms with van der Waals surface area (Å²) in [7, 11) is 3.44. The topological polar surface area (TPSA) is 38.5 Å². The van der Waals surface area contributed by atoms with E-state index in [-0.39, 0.29) is 11.9 Å². The predicted octanol–water partition coefficient (Wildman–Crippen LogP) is 3.62. The van der Waals surface area contributed by atoms with Crippen molar-refractivity contribution in [3.05, 3.63) is 53.8 Å². The molecule has 2 rings (SSSR count). The lowest BCUT2D eigenvalue weighted by atomic mass is 10.1. The summed E-state index contributed by atoms with van der Waals surface area (Å²) >= 11 is 0. The Morgan fingerprint density at radius 1 is 1.15 bits per heavy atom. The molecular weight excluding hydrogens is 255 g/mol. The molecule has 3 nitrogen and oxygen atoms in total. The van der Waals surface area contributed by atoms with Crippen LogP contribution in [0.4, 0.5) is 15.8 Å². The van der Waals surface area contributed by atoms with Gasteiger partial charge in [-0.3, -0.25) is 0 Å². The third-order valence-electron chi connectivity index (χ3n) is 3.32. The van der Waals surface area contributed by atoms with E-state index in [2.05, 4.69) is 0 Å².